The second-order valence-electron chi connectivity index (χ2n) is 6.99. The van der Waals surface area contributed by atoms with Gasteiger partial charge in [0.15, 0.2) is 7.14 Å². The van der Waals surface area contributed by atoms with Crippen LogP contribution in [0.25, 0.3) is 11.1 Å². The topological polar surface area (TPSA) is 26.3 Å². The molecule has 1 unspecified atom stereocenters. The molecule has 26 heavy (non-hydrogen) atoms. The first-order valence-corrected chi connectivity index (χ1v) is 10.9. The summed E-state index contributed by atoms with van der Waals surface area (Å²) in [6, 6.07) is 22.2. The zero-order valence-corrected chi connectivity index (χ0v) is 16.3. The van der Waals surface area contributed by atoms with Crippen molar-refractivity contribution in [3.63, 3.8) is 0 Å². The Hall–Kier alpha value is -2.31. The van der Waals surface area contributed by atoms with Crippen molar-refractivity contribution in [2.45, 2.75) is 32.9 Å². The first-order valence-electron chi connectivity index (χ1n) is 9.16. The quantitative estimate of drug-likeness (QED) is 0.555. The third-order valence-electron chi connectivity index (χ3n) is 5.17. The average Bonchev–Trinajstić information content (AvgIpc) is 2.68. The Morgan fingerprint density at radius 3 is 2.27 bits per heavy atom. The van der Waals surface area contributed by atoms with Gasteiger partial charge in [-0.1, -0.05) is 69.3 Å². The van der Waals surface area contributed by atoms with Crippen molar-refractivity contribution in [3.8, 4) is 22.6 Å². The van der Waals surface area contributed by atoms with Gasteiger partial charge in [0.1, 0.15) is 11.5 Å². The first kappa shape index (κ1) is 17.1. The Labute approximate surface area is 155 Å². The van der Waals surface area contributed by atoms with E-state index in [1.165, 1.54) is 5.56 Å². The number of aryl methyl sites for hydroxylation is 1. The van der Waals surface area contributed by atoms with E-state index in [1.807, 2.05) is 48.5 Å². The van der Waals surface area contributed by atoms with E-state index < -0.39 is 7.14 Å². The van der Waals surface area contributed by atoms with Crippen LogP contribution in [0, 0.1) is 0 Å². The molecule has 3 aromatic rings. The Kier molecular flexibility index (Phi) is 4.25. The van der Waals surface area contributed by atoms with Crippen molar-refractivity contribution < 1.29 is 9.30 Å². The van der Waals surface area contributed by atoms with Gasteiger partial charge in [0, 0.05) is 5.66 Å². The highest BCUT2D eigenvalue weighted by Gasteiger charge is 2.42. The van der Waals surface area contributed by atoms with Crippen molar-refractivity contribution in [2.24, 2.45) is 0 Å². The third kappa shape index (κ3) is 2.44. The van der Waals surface area contributed by atoms with E-state index >= 15 is 0 Å². The highest BCUT2D eigenvalue weighted by atomic mass is 31.2. The van der Waals surface area contributed by atoms with Crippen LogP contribution in [-0.4, -0.2) is 5.66 Å². The largest absolute Gasteiger partial charge is 0.456 e. The molecule has 0 saturated carbocycles. The van der Waals surface area contributed by atoms with Gasteiger partial charge in [-0.3, -0.25) is 0 Å². The summed E-state index contributed by atoms with van der Waals surface area (Å²) < 4.78 is 20.8. The molecule has 0 radical (unpaired) electrons. The molecule has 0 aromatic heterocycles. The average molecular weight is 362 g/mol. The molecule has 0 spiro atoms. The molecule has 1 heterocycles. The van der Waals surface area contributed by atoms with Gasteiger partial charge in [-0.05, 0) is 41.3 Å². The molecule has 1 aliphatic heterocycles. The normalized spacial score (nSPS) is 18.2. The van der Waals surface area contributed by atoms with E-state index in [2.05, 4.69) is 39.0 Å². The molecule has 132 valence electrons. The highest BCUT2D eigenvalue weighted by Crippen LogP contribution is 2.58. The number of hydrogen-bond acceptors (Lipinski definition) is 2. The zero-order chi connectivity index (χ0) is 18.3. The predicted octanol–water partition coefficient (Wildman–Crippen LogP) is 5.74. The molecule has 3 heteroatoms. The maximum absolute atomic E-state index is 14.6. The summed E-state index contributed by atoms with van der Waals surface area (Å²) >= 11 is 0. The Morgan fingerprint density at radius 2 is 1.58 bits per heavy atom. The molecule has 0 saturated heterocycles. The van der Waals surface area contributed by atoms with Crippen LogP contribution in [0.15, 0.2) is 66.7 Å². The Morgan fingerprint density at radius 1 is 0.885 bits per heavy atom. The molecule has 1 atom stereocenters. The number of ether oxygens (including phenoxy) is 1. The Bertz CT molecular complexity index is 1010. The van der Waals surface area contributed by atoms with Crippen molar-refractivity contribution >= 4 is 17.8 Å². The molecular weight excluding hydrogens is 339 g/mol. The van der Waals surface area contributed by atoms with Crippen LogP contribution in [0.1, 0.15) is 26.3 Å². The van der Waals surface area contributed by atoms with Crippen molar-refractivity contribution in [1.29, 1.82) is 0 Å². The summed E-state index contributed by atoms with van der Waals surface area (Å²) in [5, 5.41) is 1.73. The van der Waals surface area contributed by atoms with Gasteiger partial charge in [-0.25, -0.2) is 0 Å². The van der Waals surface area contributed by atoms with Gasteiger partial charge >= 0.3 is 0 Å². The molecule has 0 N–H and O–H groups in total. The van der Waals surface area contributed by atoms with E-state index in [9.17, 15) is 4.57 Å². The minimum atomic E-state index is -2.83. The van der Waals surface area contributed by atoms with Gasteiger partial charge in [0.25, 0.3) is 0 Å². The molecule has 1 aliphatic rings. The standard InChI is InChI=1S/C23H23O2P/c1-4-17-14-15-20-23(22(17)18-10-6-5-7-11-18)26(24,16(2)3)21-13-9-8-12-19(21)25-20/h5-16H,4H2,1-3H3. The number of hydrogen-bond donors (Lipinski definition) is 0. The second kappa shape index (κ2) is 6.45. The molecule has 0 bridgehead atoms. The number of rotatable bonds is 3. The lowest BCUT2D eigenvalue weighted by molar-refractivity contribution is 0.484. The van der Waals surface area contributed by atoms with Crippen molar-refractivity contribution in [3.05, 3.63) is 72.3 Å². The fourth-order valence-corrected chi connectivity index (χ4v) is 6.96. The highest BCUT2D eigenvalue weighted by molar-refractivity contribution is 7.80. The molecule has 2 nitrogen and oxygen atoms in total. The van der Waals surface area contributed by atoms with E-state index in [1.54, 1.807) is 0 Å². The van der Waals surface area contributed by atoms with E-state index in [0.29, 0.717) is 0 Å². The van der Waals surface area contributed by atoms with Crippen LogP contribution in [0.5, 0.6) is 11.5 Å². The fourth-order valence-electron chi connectivity index (χ4n) is 3.84. The number of fused-ring (bicyclic) bond motifs is 2. The summed E-state index contributed by atoms with van der Waals surface area (Å²) in [5.74, 6) is 1.46. The molecular formula is C23H23O2P. The van der Waals surface area contributed by atoms with Crippen molar-refractivity contribution in [2.75, 3.05) is 0 Å². The minimum Gasteiger partial charge on any atom is -0.456 e. The summed E-state index contributed by atoms with van der Waals surface area (Å²) in [6.07, 6.45) is 0.886. The molecule has 0 aliphatic carbocycles. The van der Waals surface area contributed by atoms with E-state index in [4.69, 9.17) is 4.74 Å². The molecule has 0 fully saturated rings. The predicted molar refractivity (Wildman–Crippen MR) is 110 cm³/mol. The SMILES string of the molecule is CCc1ccc2c(c1-c1ccccc1)P(=O)(C(C)C)c1ccccc1O2. The van der Waals surface area contributed by atoms with Gasteiger partial charge in [0.05, 0.1) is 10.6 Å². The van der Waals surface area contributed by atoms with Crippen molar-refractivity contribution in [1.82, 2.24) is 0 Å². The van der Waals surface area contributed by atoms with Crippen LogP contribution in [0.3, 0.4) is 0 Å². The summed E-state index contributed by atoms with van der Waals surface area (Å²) in [4.78, 5) is 0. The van der Waals surface area contributed by atoms with Crippen LogP contribution < -0.4 is 15.3 Å². The second-order valence-corrected chi connectivity index (χ2v) is 10.3. The first-order chi connectivity index (χ1) is 12.6. The summed E-state index contributed by atoms with van der Waals surface area (Å²) in [5.41, 5.74) is 3.39. The van der Waals surface area contributed by atoms with E-state index in [-0.39, 0.29) is 5.66 Å². The molecule has 4 rings (SSSR count). The maximum atomic E-state index is 14.6. The van der Waals surface area contributed by atoms with Gasteiger partial charge in [-0.15, -0.1) is 0 Å². The fraction of sp³-hybridized carbons (Fsp3) is 0.217. The summed E-state index contributed by atoms with van der Waals surface area (Å²) in [7, 11) is -2.83. The smallest absolute Gasteiger partial charge is 0.153 e. The number of benzene rings is 3. The van der Waals surface area contributed by atoms with Gasteiger partial charge in [-0.2, -0.15) is 0 Å². The molecule has 3 aromatic carbocycles. The lowest BCUT2D eigenvalue weighted by Crippen LogP contribution is -2.30. The maximum Gasteiger partial charge on any atom is 0.153 e. The van der Waals surface area contributed by atoms with Crippen LogP contribution in [0.2, 0.25) is 0 Å². The van der Waals surface area contributed by atoms with E-state index in [0.717, 1.165) is 39.7 Å². The van der Waals surface area contributed by atoms with Gasteiger partial charge in [0.2, 0.25) is 0 Å². The van der Waals surface area contributed by atoms with Crippen LogP contribution in [0.4, 0.5) is 0 Å². The van der Waals surface area contributed by atoms with Crippen LogP contribution in [-0.2, 0) is 11.0 Å². The van der Waals surface area contributed by atoms with Gasteiger partial charge < -0.3 is 9.30 Å². The monoisotopic (exact) mass is 362 g/mol. The number of para-hydroxylation sites is 1. The molecule has 0 amide bonds. The van der Waals surface area contributed by atoms with Crippen LogP contribution >= 0.6 is 7.14 Å². The minimum absolute atomic E-state index is 0.000804. The summed E-state index contributed by atoms with van der Waals surface area (Å²) in [6.45, 7) is 6.26. The Balaban J connectivity index is 2.12. The lowest BCUT2D eigenvalue weighted by Gasteiger charge is -2.33. The zero-order valence-electron chi connectivity index (χ0n) is 15.4. The lowest BCUT2D eigenvalue weighted by atomic mass is 9.97. The third-order valence-corrected chi connectivity index (χ3v) is 8.82.